The van der Waals surface area contributed by atoms with Crippen molar-refractivity contribution >= 4 is 15.7 Å². The molecule has 1 heterocycles. The van der Waals surface area contributed by atoms with Crippen LogP contribution >= 0.6 is 0 Å². The summed E-state index contributed by atoms with van der Waals surface area (Å²) >= 11 is 0. The lowest BCUT2D eigenvalue weighted by Crippen LogP contribution is -2.48. The Morgan fingerprint density at radius 3 is 2.20 bits per heavy atom. The molecule has 0 aromatic heterocycles. The molecule has 0 bridgehead atoms. The van der Waals surface area contributed by atoms with Crippen molar-refractivity contribution in [2.45, 2.75) is 4.90 Å². The van der Waals surface area contributed by atoms with Gasteiger partial charge in [-0.05, 0) is 36.4 Å². The number of benzene rings is 2. The van der Waals surface area contributed by atoms with Gasteiger partial charge in [0.25, 0.3) is 0 Å². The Bertz CT molecular complexity index is 774. The van der Waals surface area contributed by atoms with Gasteiger partial charge in [-0.15, -0.1) is 0 Å². The maximum Gasteiger partial charge on any atom is 0.240 e. The van der Waals surface area contributed by atoms with Crippen LogP contribution in [0, 0.1) is 5.82 Å². The number of nitrogens with one attached hydrogen (secondary N) is 1. The van der Waals surface area contributed by atoms with E-state index in [1.54, 1.807) is 42.5 Å². The summed E-state index contributed by atoms with van der Waals surface area (Å²) in [7, 11) is -3.44. The fourth-order valence-corrected chi connectivity index (χ4v) is 3.94. The zero-order valence-corrected chi connectivity index (χ0v) is 14.8. The van der Waals surface area contributed by atoms with Crippen LogP contribution in [0.5, 0.6) is 0 Å². The van der Waals surface area contributed by atoms with Crippen LogP contribution in [0.2, 0.25) is 0 Å². The van der Waals surface area contributed by atoms with Crippen LogP contribution in [0.4, 0.5) is 10.1 Å². The molecule has 134 valence electrons. The van der Waals surface area contributed by atoms with Crippen molar-refractivity contribution < 1.29 is 12.8 Å². The Hall–Kier alpha value is -1.96. The van der Waals surface area contributed by atoms with Crippen LogP contribution in [0.3, 0.4) is 0 Å². The summed E-state index contributed by atoms with van der Waals surface area (Å²) < 4.78 is 40.0. The Balaban J connectivity index is 1.44. The first-order valence-electron chi connectivity index (χ1n) is 8.32. The molecule has 5 nitrogen and oxygen atoms in total. The average Bonchev–Trinajstić information content (AvgIpc) is 2.64. The third-order valence-corrected chi connectivity index (χ3v) is 5.81. The van der Waals surface area contributed by atoms with Crippen molar-refractivity contribution in [1.29, 1.82) is 0 Å². The molecule has 0 atom stereocenters. The summed E-state index contributed by atoms with van der Waals surface area (Å²) in [6, 6.07) is 14.9. The molecular formula is C18H22FN3O2S. The van der Waals surface area contributed by atoms with E-state index >= 15 is 0 Å². The zero-order chi connectivity index (χ0) is 17.7. The van der Waals surface area contributed by atoms with E-state index in [1.165, 1.54) is 12.1 Å². The van der Waals surface area contributed by atoms with Gasteiger partial charge in [0.05, 0.1) is 4.90 Å². The predicted octanol–water partition coefficient (Wildman–Crippen LogP) is 1.93. The van der Waals surface area contributed by atoms with Gasteiger partial charge < -0.3 is 4.90 Å². The average molecular weight is 363 g/mol. The topological polar surface area (TPSA) is 52.7 Å². The van der Waals surface area contributed by atoms with Crippen molar-refractivity contribution in [3.8, 4) is 0 Å². The largest absolute Gasteiger partial charge is 0.369 e. The van der Waals surface area contributed by atoms with Gasteiger partial charge in [0, 0.05) is 45.0 Å². The Morgan fingerprint density at radius 1 is 0.920 bits per heavy atom. The molecule has 1 aliphatic rings. The van der Waals surface area contributed by atoms with Gasteiger partial charge in [-0.25, -0.2) is 17.5 Å². The van der Waals surface area contributed by atoms with Gasteiger partial charge in [0.1, 0.15) is 5.82 Å². The highest BCUT2D eigenvalue weighted by Crippen LogP contribution is 2.16. The van der Waals surface area contributed by atoms with Crippen molar-refractivity contribution in [2.75, 3.05) is 44.2 Å². The fraction of sp³-hybridized carbons (Fsp3) is 0.333. The van der Waals surface area contributed by atoms with E-state index in [1.807, 2.05) is 0 Å². The Labute approximate surface area is 148 Å². The smallest absolute Gasteiger partial charge is 0.240 e. The molecule has 0 amide bonds. The quantitative estimate of drug-likeness (QED) is 0.852. The standard InChI is InChI=1S/C18H22FN3O2S/c19-16-6-8-17(9-7-16)22-14-12-21(13-15-22)11-10-20-25(23,24)18-4-2-1-3-5-18/h1-9,20H,10-15H2. The summed E-state index contributed by atoms with van der Waals surface area (Å²) in [5.41, 5.74) is 1.02. The van der Waals surface area contributed by atoms with Crippen molar-refractivity contribution in [2.24, 2.45) is 0 Å². The lowest BCUT2D eigenvalue weighted by molar-refractivity contribution is 0.262. The SMILES string of the molecule is O=S(=O)(NCCN1CCN(c2ccc(F)cc2)CC1)c1ccccc1. The van der Waals surface area contributed by atoms with Gasteiger partial charge >= 0.3 is 0 Å². The molecular weight excluding hydrogens is 341 g/mol. The van der Waals surface area contributed by atoms with E-state index in [-0.39, 0.29) is 10.7 Å². The van der Waals surface area contributed by atoms with Crippen LogP contribution in [0.15, 0.2) is 59.5 Å². The molecule has 2 aromatic carbocycles. The Morgan fingerprint density at radius 2 is 1.56 bits per heavy atom. The van der Waals surface area contributed by atoms with E-state index < -0.39 is 10.0 Å². The molecule has 3 rings (SSSR count). The van der Waals surface area contributed by atoms with Crippen molar-refractivity contribution in [3.05, 3.63) is 60.4 Å². The third kappa shape index (κ3) is 4.78. The maximum atomic E-state index is 13.0. The molecule has 1 fully saturated rings. The number of rotatable bonds is 6. The lowest BCUT2D eigenvalue weighted by Gasteiger charge is -2.36. The molecule has 0 spiro atoms. The second-order valence-electron chi connectivity index (χ2n) is 6.02. The fourth-order valence-electron chi connectivity index (χ4n) is 2.90. The highest BCUT2D eigenvalue weighted by Gasteiger charge is 2.18. The molecule has 0 saturated carbocycles. The number of hydrogen-bond donors (Lipinski definition) is 1. The van der Waals surface area contributed by atoms with E-state index in [4.69, 9.17) is 0 Å². The van der Waals surface area contributed by atoms with Gasteiger partial charge in [0.2, 0.25) is 10.0 Å². The summed E-state index contributed by atoms with van der Waals surface area (Å²) in [6.45, 7) is 4.44. The second kappa shape index (κ2) is 7.95. The molecule has 2 aromatic rings. The minimum atomic E-state index is -3.44. The van der Waals surface area contributed by atoms with E-state index in [0.29, 0.717) is 13.1 Å². The first kappa shape index (κ1) is 17.8. The Kier molecular flexibility index (Phi) is 5.67. The molecule has 7 heteroatoms. The van der Waals surface area contributed by atoms with Crippen molar-refractivity contribution in [1.82, 2.24) is 9.62 Å². The highest BCUT2D eigenvalue weighted by atomic mass is 32.2. The summed E-state index contributed by atoms with van der Waals surface area (Å²) in [4.78, 5) is 4.73. The third-order valence-electron chi connectivity index (χ3n) is 4.34. The number of halogens is 1. The van der Waals surface area contributed by atoms with E-state index in [2.05, 4.69) is 14.5 Å². The number of sulfonamides is 1. The predicted molar refractivity (Wildman–Crippen MR) is 96.7 cm³/mol. The van der Waals surface area contributed by atoms with Gasteiger partial charge in [-0.3, -0.25) is 4.90 Å². The molecule has 1 aliphatic heterocycles. The minimum Gasteiger partial charge on any atom is -0.369 e. The number of anilines is 1. The number of nitrogens with zero attached hydrogens (tertiary/aromatic N) is 2. The lowest BCUT2D eigenvalue weighted by atomic mass is 10.2. The van der Waals surface area contributed by atoms with Gasteiger partial charge in [-0.2, -0.15) is 0 Å². The monoisotopic (exact) mass is 363 g/mol. The molecule has 0 aliphatic carbocycles. The number of piperazine rings is 1. The van der Waals surface area contributed by atoms with Gasteiger partial charge in [0.15, 0.2) is 0 Å². The van der Waals surface area contributed by atoms with E-state index in [9.17, 15) is 12.8 Å². The highest BCUT2D eigenvalue weighted by molar-refractivity contribution is 7.89. The first-order valence-corrected chi connectivity index (χ1v) is 9.80. The summed E-state index contributed by atoms with van der Waals surface area (Å²) in [6.07, 6.45) is 0. The minimum absolute atomic E-state index is 0.229. The normalized spacial score (nSPS) is 16.1. The summed E-state index contributed by atoms with van der Waals surface area (Å²) in [5.74, 6) is -0.229. The molecule has 1 N–H and O–H groups in total. The first-order chi connectivity index (χ1) is 12.0. The maximum absolute atomic E-state index is 13.0. The molecule has 25 heavy (non-hydrogen) atoms. The molecule has 0 unspecified atom stereocenters. The van der Waals surface area contributed by atoms with Crippen LogP contribution in [-0.4, -0.2) is 52.6 Å². The molecule has 1 saturated heterocycles. The zero-order valence-electron chi connectivity index (χ0n) is 13.9. The van der Waals surface area contributed by atoms with Crippen LogP contribution in [-0.2, 0) is 10.0 Å². The number of hydrogen-bond acceptors (Lipinski definition) is 4. The van der Waals surface area contributed by atoms with Crippen LogP contribution in [0.25, 0.3) is 0 Å². The van der Waals surface area contributed by atoms with Crippen LogP contribution < -0.4 is 9.62 Å². The van der Waals surface area contributed by atoms with Crippen molar-refractivity contribution in [3.63, 3.8) is 0 Å². The molecule has 0 radical (unpaired) electrons. The van der Waals surface area contributed by atoms with Gasteiger partial charge in [-0.1, -0.05) is 18.2 Å². The summed E-state index contributed by atoms with van der Waals surface area (Å²) in [5, 5.41) is 0. The van der Waals surface area contributed by atoms with Crippen LogP contribution in [0.1, 0.15) is 0 Å². The second-order valence-corrected chi connectivity index (χ2v) is 7.78. The van der Waals surface area contributed by atoms with E-state index in [0.717, 1.165) is 31.9 Å².